The van der Waals surface area contributed by atoms with Crippen LogP contribution in [0.2, 0.25) is 0 Å². The molecule has 1 aromatic carbocycles. The lowest BCUT2D eigenvalue weighted by atomic mass is 10.1. The number of furan rings is 1. The minimum Gasteiger partial charge on any atom is -0.431 e. The summed E-state index contributed by atoms with van der Waals surface area (Å²) in [5.41, 5.74) is 2.75. The van der Waals surface area contributed by atoms with Gasteiger partial charge in [-0.05, 0) is 18.4 Å². The Balaban J connectivity index is 1.75. The molecule has 0 radical (unpaired) electrons. The van der Waals surface area contributed by atoms with Crippen LogP contribution in [0.4, 0.5) is 5.82 Å². The molecule has 0 saturated carbocycles. The van der Waals surface area contributed by atoms with Crippen molar-refractivity contribution in [1.29, 1.82) is 0 Å². The molecule has 1 saturated heterocycles. The molecule has 4 rings (SSSR count). The van der Waals surface area contributed by atoms with Crippen LogP contribution in [0.3, 0.4) is 0 Å². The van der Waals surface area contributed by atoms with Gasteiger partial charge in [-0.1, -0.05) is 30.3 Å². The smallest absolute Gasteiger partial charge is 0.233 e. The zero-order valence-corrected chi connectivity index (χ0v) is 14.6. The Morgan fingerprint density at radius 1 is 1.22 bits per heavy atom. The molecule has 118 valence electrons. The highest BCUT2D eigenvalue weighted by Gasteiger charge is 2.21. The highest BCUT2D eigenvalue weighted by molar-refractivity contribution is 14.1. The van der Waals surface area contributed by atoms with Crippen molar-refractivity contribution in [3.63, 3.8) is 0 Å². The third-order valence-electron chi connectivity index (χ3n) is 4.03. The summed E-state index contributed by atoms with van der Waals surface area (Å²) >= 11 is 2.21. The molecule has 3 heterocycles. The highest BCUT2D eigenvalue weighted by Crippen LogP contribution is 2.37. The lowest BCUT2D eigenvalue weighted by molar-refractivity contribution is 0.120. The van der Waals surface area contributed by atoms with E-state index in [2.05, 4.69) is 50.0 Å². The van der Waals surface area contributed by atoms with Crippen molar-refractivity contribution >= 4 is 39.5 Å². The minimum atomic E-state index is 0.256. The van der Waals surface area contributed by atoms with E-state index in [-0.39, 0.29) is 6.10 Å². The Morgan fingerprint density at radius 2 is 2.09 bits per heavy atom. The number of nitrogens with zero attached hydrogens (tertiary/aromatic N) is 2. The molecule has 2 aromatic heterocycles. The van der Waals surface area contributed by atoms with Crippen molar-refractivity contribution in [2.75, 3.05) is 18.5 Å². The van der Waals surface area contributed by atoms with E-state index in [4.69, 9.17) is 9.15 Å². The Bertz CT molecular complexity index is 813. The topological polar surface area (TPSA) is 60.2 Å². The summed E-state index contributed by atoms with van der Waals surface area (Å²) in [6, 6.07) is 10.2. The van der Waals surface area contributed by atoms with Crippen LogP contribution in [0.25, 0.3) is 22.2 Å². The quantitative estimate of drug-likeness (QED) is 0.644. The third-order valence-corrected chi connectivity index (χ3v) is 4.79. The first-order valence-electron chi connectivity index (χ1n) is 7.67. The zero-order valence-electron chi connectivity index (χ0n) is 12.5. The molecule has 3 aromatic rings. The number of ether oxygens (including phenoxy) is 1. The van der Waals surface area contributed by atoms with Crippen LogP contribution in [0.1, 0.15) is 12.8 Å². The SMILES string of the molecule is Ic1oc2ncnc(NC[C@@H]3CCCO3)c2c1-c1ccccc1. The van der Waals surface area contributed by atoms with E-state index in [0.717, 1.165) is 52.1 Å². The van der Waals surface area contributed by atoms with Crippen molar-refractivity contribution in [3.8, 4) is 11.1 Å². The first-order chi connectivity index (χ1) is 11.3. The first kappa shape index (κ1) is 14.9. The standard InChI is InChI=1S/C17H16IN3O2/c18-15-13(11-5-2-1-3-6-11)14-16(20-10-21-17(14)23-15)19-9-12-7-4-8-22-12/h1-3,5-6,10,12H,4,7-9H2,(H,19,20,21)/t12-/m0/s1. The Labute approximate surface area is 147 Å². The van der Waals surface area contributed by atoms with Gasteiger partial charge in [0, 0.05) is 41.3 Å². The van der Waals surface area contributed by atoms with E-state index in [9.17, 15) is 0 Å². The number of hydrogen-bond acceptors (Lipinski definition) is 5. The lowest BCUT2D eigenvalue weighted by Crippen LogP contribution is -2.19. The van der Waals surface area contributed by atoms with Crippen LogP contribution >= 0.6 is 22.6 Å². The fourth-order valence-corrected chi connectivity index (χ4v) is 3.71. The number of hydrogen-bond donors (Lipinski definition) is 1. The highest BCUT2D eigenvalue weighted by atomic mass is 127. The van der Waals surface area contributed by atoms with Gasteiger partial charge in [-0.2, -0.15) is 0 Å². The predicted molar refractivity (Wildman–Crippen MR) is 97.4 cm³/mol. The third kappa shape index (κ3) is 2.92. The van der Waals surface area contributed by atoms with Gasteiger partial charge in [0.2, 0.25) is 5.71 Å². The monoisotopic (exact) mass is 421 g/mol. The minimum absolute atomic E-state index is 0.256. The van der Waals surface area contributed by atoms with E-state index in [0.29, 0.717) is 5.71 Å². The molecule has 0 unspecified atom stereocenters. The van der Waals surface area contributed by atoms with Gasteiger partial charge in [-0.3, -0.25) is 0 Å². The van der Waals surface area contributed by atoms with Gasteiger partial charge < -0.3 is 14.5 Å². The summed E-state index contributed by atoms with van der Waals surface area (Å²) in [7, 11) is 0. The number of aromatic nitrogens is 2. The van der Waals surface area contributed by atoms with Crippen LogP contribution in [-0.4, -0.2) is 29.2 Å². The summed E-state index contributed by atoms with van der Waals surface area (Å²) in [5, 5.41) is 4.35. The van der Waals surface area contributed by atoms with E-state index < -0.39 is 0 Å². The van der Waals surface area contributed by atoms with Crippen molar-refractivity contribution in [2.24, 2.45) is 0 Å². The van der Waals surface area contributed by atoms with Crippen molar-refractivity contribution in [2.45, 2.75) is 18.9 Å². The van der Waals surface area contributed by atoms with Gasteiger partial charge >= 0.3 is 0 Å². The average Bonchev–Trinajstić information content (AvgIpc) is 3.20. The number of halogens is 1. The van der Waals surface area contributed by atoms with Crippen LogP contribution in [-0.2, 0) is 4.74 Å². The van der Waals surface area contributed by atoms with Crippen LogP contribution in [0.5, 0.6) is 0 Å². The van der Waals surface area contributed by atoms with Crippen molar-refractivity contribution < 1.29 is 9.15 Å². The molecule has 5 nitrogen and oxygen atoms in total. The molecule has 23 heavy (non-hydrogen) atoms. The van der Waals surface area contributed by atoms with E-state index in [1.807, 2.05) is 18.2 Å². The number of benzene rings is 1. The molecule has 0 bridgehead atoms. The Kier molecular flexibility index (Phi) is 4.17. The molecule has 1 N–H and O–H groups in total. The molecular weight excluding hydrogens is 405 g/mol. The molecule has 0 amide bonds. The van der Waals surface area contributed by atoms with E-state index in [1.165, 1.54) is 6.33 Å². The summed E-state index contributed by atoms with van der Waals surface area (Å²) in [4.78, 5) is 8.70. The molecular formula is C17H16IN3O2. The first-order valence-corrected chi connectivity index (χ1v) is 8.74. The van der Waals surface area contributed by atoms with Gasteiger partial charge in [-0.15, -0.1) is 0 Å². The summed E-state index contributed by atoms with van der Waals surface area (Å²) in [5.74, 6) is 0.802. The van der Waals surface area contributed by atoms with Gasteiger partial charge in [0.1, 0.15) is 12.1 Å². The number of nitrogens with one attached hydrogen (secondary N) is 1. The van der Waals surface area contributed by atoms with Gasteiger partial charge in [-0.25, -0.2) is 9.97 Å². The molecule has 0 spiro atoms. The second-order valence-electron chi connectivity index (χ2n) is 5.54. The number of fused-ring (bicyclic) bond motifs is 1. The van der Waals surface area contributed by atoms with E-state index in [1.54, 1.807) is 0 Å². The zero-order chi connectivity index (χ0) is 15.6. The van der Waals surface area contributed by atoms with Crippen LogP contribution in [0, 0.1) is 3.77 Å². The molecule has 1 aliphatic heterocycles. The molecule has 1 atom stereocenters. The molecule has 1 fully saturated rings. The molecule has 0 aliphatic carbocycles. The van der Waals surface area contributed by atoms with Gasteiger partial charge in [0.25, 0.3) is 0 Å². The van der Waals surface area contributed by atoms with E-state index >= 15 is 0 Å². The largest absolute Gasteiger partial charge is 0.431 e. The predicted octanol–water partition coefficient (Wildman–Crippen LogP) is 4.09. The Hall–Kier alpha value is -1.67. The molecule has 6 heteroatoms. The van der Waals surface area contributed by atoms with Crippen LogP contribution < -0.4 is 5.32 Å². The molecule has 1 aliphatic rings. The normalized spacial score (nSPS) is 17.7. The number of rotatable bonds is 4. The maximum absolute atomic E-state index is 5.83. The van der Waals surface area contributed by atoms with Gasteiger partial charge in [0.15, 0.2) is 3.77 Å². The van der Waals surface area contributed by atoms with Crippen molar-refractivity contribution in [3.05, 3.63) is 40.4 Å². The summed E-state index contributed by atoms with van der Waals surface area (Å²) in [6.45, 7) is 1.60. The second-order valence-corrected chi connectivity index (χ2v) is 6.51. The summed E-state index contributed by atoms with van der Waals surface area (Å²) < 4.78 is 12.3. The average molecular weight is 421 g/mol. The number of anilines is 1. The Morgan fingerprint density at radius 3 is 2.87 bits per heavy atom. The maximum Gasteiger partial charge on any atom is 0.233 e. The fraction of sp³-hybridized carbons (Fsp3) is 0.294. The van der Waals surface area contributed by atoms with Gasteiger partial charge in [0.05, 0.1) is 11.5 Å². The summed E-state index contributed by atoms with van der Waals surface area (Å²) in [6.07, 6.45) is 4.01. The van der Waals surface area contributed by atoms with Crippen LogP contribution in [0.15, 0.2) is 41.1 Å². The maximum atomic E-state index is 5.83. The second kappa shape index (κ2) is 6.45. The fourth-order valence-electron chi connectivity index (χ4n) is 2.92. The lowest BCUT2D eigenvalue weighted by Gasteiger charge is -2.12. The van der Waals surface area contributed by atoms with Crippen molar-refractivity contribution in [1.82, 2.24) is 9.97 Å².